The van der Waals surface area contributed by atoms with Gasteiger partial charge in [-0.15, -0.1) is 0 Å². The molecule has 0 bridgehead atoms. The van der Waals surface area contributed by atoms with E-state index in [1.165, 1.54) is 17.3 Å². The van der Waals surface area contributed by atoms with Crippen molar-refractivity contribution in [2.75, 3.05) is 19.8 Å². The SMILES string of the molecule is Cc1ccc(OCc2ccc3c(c2)CCN(C2CCOCC2)C3)c(-c2cccc(-n3ncc(C(=O)O)c3C)n2)c1. The van der Waals surface area contributed by atoms with E-state index in [1.54, 1.807) is 11.6 Å². The maximum absolute atomic E-state index is 11.5. The molecule has 0 saturated carbocycles. The molecule has 2 aliphatic rings. The summed E-state index contributed by atoms with van der Waals surface area (Å²) in [5.74, 6) is 0.301. The minimum absolute atomic E-state index is 0.160. The Hall–Kier alpha value is -4.01. The van der Waals surface area contributed by atoms with E-state index in [4.69, 9.17) is 14.5 Å². The van der Waals surface area contributed by atoms with Gasteiger partial charge in [-0.25, -0.2) is 14.5 Å². The van der Waals surface area contributed by atoms with Crippen molar-refractivity contribution in [3.8, 4) is 22.8 Å². The lowest BCUT2D eigenvalue weighted by atomic mass is 9.95. The molecule has 8 nitrogen and oxygen atoms in total. The van der Waals surface area contributed by atoms with Gasteiger partial charge in [0.25, 0.3) is 0 Å². The van der Waals surface area contributed by atoms with Gasteiger partial charge in [0.2, 0.25) is 0 Å². The predicted octanol–water partition coefficient (Wildman–Crippen LogP) is 5.37. The monoisotopic (exact) mass is 538 g/mol. The lowest BCUT2D eigenvalue weighted by Crippen LogP contribution is -2.42. The molecular weight excluding hydrogens is 504 g/mol. The van der Waals surface area contributed by atoms with Crippen LogP contribution in [0.15, 0.2) is 60.8 Å². The number of rotatable bonds is 7. The highest BCUT2D eigenvalue weighted by molar-refractivity contribution is 5.88. The zero-order valence-corrected chi connectivity index (χ0v) is 23.0. The number of pyridine rings is 1. The average Bonchev–Trinajstić information content (AvgIpc) is 3.38. The largest absolute Gasteiger partial charge is 0.488 e. The summed E-state index contributed by atoms with van der Waals surface area (Å²) in [5, 5.41) is 13.7. The Kier molecular flexibility index (Phi) is 7.36. The number of aromatic nitrogens is 3. The van der Waals surface area contributed by atoms with Crippen molar-refractivity contribution in [1.82, 2.24) is 19.7 Å². The molecule has 206 valence electrons. The Morgan fingerprint density at radius 2 is 1.93 bits per heavy atom. The molecular formula is C32H34N4O4. The van der Waals surface area contributed by atoms with E-state index in [2.05, 4.69) is 34.3 Å². The summed E-state index contributed by atoms with van der Waals surface area (Å²) < 4.78 is 13.5. The number of nitrogens with zero attached hydrogens (tertiary/aromatic N) is 4. The highest BCUT2D eigenvalue weighted by atomic mass is 16.5. The highest BCUT2D eigenvalue weighted by Gasteiger charge is 2.25. The first-order valence-corrected chi connectivity index (χ1v) is 13.9. The zero-order valence-electron chi connectivity index (χ0n) is 23.0. The number of benzene rings is 2. The maximum atomic E-state index is 11.5. The van der Waals surface area contributed by atoms with Gasteiger partial charge in [-0.05, 0) is 74.1 Å². The molecule has 0 atom stereocenters. The van der Waals surface area contributed by atoms with Crippen LogP contribution in [0, 0.1) is 13.8 Å². The Balaban J connectivity index is 1.20. The van der Waals surface area contributed by atoms with Crippen molar-refractivity contribution in [3.05, 3.63) is 94.3 Å². The number of hydrogen-bond acceptors (Lipinski definition) is 6. The Bertz CT molecular complexity index is 1540. The van der Waals surface area contributed by atoms with Crippen molar-refractivity contribution in [3.63, 3.8) is 0 Å². The summed E-state index contributed by atoms with van der Waals surface area (Å²) >= 11 is 0. The standard InChI is InChI=1S/C32H34N4O4/c1-21-6-9-30(27(16-21)29-4-3-5-31(34-29)36-22(2)28(18-33-36)32(37)38)40-20-23-7-8-25-19-35(13-10-24(25)17-23)26-11-14-39-15-12-26/h3-9,16-18,26H,10-15,19-20H2,1-2H3,(H,37,38). The molecule has 4 heterocycles. The van der Waals surface area contributed by atoms with Crippen LogP contribution in [-0.2, 0) is 24.3 Å². The smallest absolute Gasteiger partial charge is 0.339 e. The summed E-state index contributed by atoms with van der Waals surface area (Å²) in [5.41, 5.74) is 7.39. The Morgan fingerprint density at radius 3 is 2.73 bits per heavy atom. The van der Waals surface area contributed by atoms with Crippen LogP contribution in [0.5, 0.6) is 5.75 Å². The minimum Gasteiger partial charge on any atom is -0.488 e. The summed E-state index contributed by atoms with van der Waals surface area (Å²) in [6.45, 7) is 8.09. The average molecular weight is 539 g/mol. The van der Waals surface area contributed by atoms with Crippen LogP contribution in [0.1, 0.15) is 51.1 Å². The molecule has 2 aromatic heterocycles. The summed E-state index contributed by atoms with van der Waals surface area (Å²) in [4.78, 5) is 18.9. The number of aryl methyl sites for hydroxylation is 1. The van der Waals surface area contributed by atoms with Gasteiger partial charge in [0.1, 0.15) is 17.9 Å². The fourth-order valence-corrected chi connectivity index (χ4v) is 5.75. The molecule has 4 aromatic rings. The van der Waals surface area contributed by atoms with Gasteiger partial charge in [-0.3, -0.25) is 4.90 Å². The molecule has 40 heavy (non-hydrogen) atoms. The van der Waals surface area contributed by atoms with Crippen LogP contribution >= 0.6 is 0 Å². The normalized spacial score (nSPS) is 16.1. The zero-order chi connectivity index (χ0) is 27.6. The molecule has 0 amide bonds. The van der Waals surface area contributed by atoms with Gasteiger partial charge in [-0.1, -0.05) is 35.9 Å². The first-order chi connectivity index (χ1) is 19.5. The third kappa shape index (κ3) is 5.37. The summed E-state index contributed by atoms with van der Waals surface area (Å²) in [7, 11) is 0. The third-order valence-corrected chi connectivity index (χ3v) is 8.02. The fraction of sp³-hybridized carbons (Fsp3) is 0.344. The molecule has 1 fully saturated rings. The second-order valence-corrected chi connectivity index (χ2v) is 10.7. The van der Waals surface area contributed by atoms with Crippen molar-refractivity contribution < 1.29 is 19.4 Å². The minimum atomic E-state index is -1.01. The van der Waals surface area contributed by atoms with Crippen LogP contribution in [0.2, 0.25) is 0 Å². The Labute approximate surface area is 234 Å². The van der Waals surface area contributed by atoms with Gasteiger partial charge in [-0.2, -0.15) is 5.10 Å². The summed E-state index contributed by atoms with van der Waals surface area (Å²) in [6.07, 6.45) is 4.67. The summed E-state index contributed by atoms with van der Waals surface area (Å²) in [6, 6.07) is 19.1. The molecule has 0 spiro atoms. The molecule has 1 N–H and O–H groups in total. The van der Waals surface area contributed by atoms with E-state index < -0.39 is 5.97 Å². The second kappa shape index (κ2) is 11.2. The van der Waals surface area contributed by atoms with Crippen molar-refractivity contribution in [2.24, 2.45) is 0 Å². The van der Waals surface area contributed by atoms with E-state index in [1.807, 2.05) is 37.3 Å². The van der Waals surface area contributed by atoms with Crippen LogP contribution in [0.25, 0.3) is 17.1 Å². The second-order valence-electron chi connectivity index (χ2n) is 10.7. The fourth-order valence-electron chi connectivity index (χ4n) is 5.75. The number of carboxylic acids is 1. The highest BCUT2D eigenvalue weighted by Crippen LogP contribution is 2.32. The number of ether oxygens (including phenoxy) is 2. The molecule has 8 heteroatoms. The number of hydrogen-bond donors (Lipinski definition) is 1. The van der Waals surface area contributed by atoms with Gasteiger partial charge in [0.05, 0.1) is 17.6 Å². The van der Waals surface area contributed by atoms with E-state index >= 15 is 0 Å². The molecule has 2 aliphatic heterocycles. The van der Waals surface area contributed by atoms with Crippen molar-refractivity contribution in [2.45, 2.75) is 52.3 Å². The van der Waals surface area contributed by atoms with Gasteiger partial charge in [0, 0.05) is 37.9 Å². The van der Waals surface area contributed by atoms with Crippen LogP contribution in [-0.4, -0.2) is 56.5 Å². The quantitative estimate of drug-likeness (QED) is 0.339. The molecule has 6 rings (SSSR count). The lowest BCUT2D eigenvalue weighted by Gasteiger charge is -2.37. The Morgan fingerprint density at radius 1 is 1.07 bits per heavy atom. The van der Waals surface area contributed by atoms with E-state index in [-0.39, 0.29) is 5.56 Å². The van der Waals surface area contributed by atoms with Crippen molar-refractivity contribution in [1.29, 1.82) is 0 Å². The van der Waals surface area contributed by atoms with E-state index in [0.717, 1.165) is 73.7 Å². The van der Waals surface area contributed by atoms with E-state index in [0.29, 0.717) is 24.2 Å². The number of carbonyl (C=O) groups is 1. The topological polar surface area (TPSA) is 89.7 Å². The number of carboxylic acid groups (broad SMARTS) is 1. The lowest BCUT2D eigenvalue weighted by molar-refractivity contribution is 0.0290. The number of fused-ring (bicyclic) bond motifs is 1. The molecule has 2 aromatic carbocycles. The molecule has 0 unspecified atom stereocenters. The molecule has 0 radical (unpaired) electrons. The maximum Gasteiger partial charge on any atom is 0.339 e. The van der Waals surface area contributed by atoms with Gasteiger partial charge in [0.15, 0.2) is 5.82 Å². The van der Waals surface area contributed by atoms with Crippen LogP contribution in [0.4, 0.5) is 0 Å². The number of aromatic carboxylic acids is 1. The van der Waals surface area contributed by atoms with Crippen molar-refractivity contribution >= 4 is 5.97 Å². The molecule has 1 saturated heterocycles. The van der Waals surface area contributed by atoms with Crippen LogP contribution < -0.4 is 4.74 Å². The van der Waals surface area contributed by atoms with Gasteiger partial charge >= 0.3 is 5.97 Å². The predicted molar refractivity (Wildman–Crippen MR) is 152 cm³/mol. The van der Waals surface area contributed by atoms with Crippen LogP contribution in [0.3, 0.4) is 0 Å². The van der Waals surface area contributed by atoms with Gasteiger partial charge < -0.3 is 14.6 Å². The first kappa shape index (κ1) is 26.2. The molecule has 0 aliphatic carbocycles. The first-order valence-electron chi connectivity index (χ1n) is 13.9. The third-order valence-electron chi connectivity index (χ3n) is 8.02. The van der Waals surface area contributed by atoms with E-state index in [9.17, 15) is 9.90 Å².